The predicted octanol–water partition coefficient (Wildman–Crippen LogP) is 3.90. The molecule has 1 aromatic heterocycles. The molecule has 1 aromatic carbocycles. The monoisotopic (exact) mass is 242 g/mol. The molecular weight excluding hydrogens is 220 g/mol. The summed E-state index contributed by atoms with van der Waals surface area (Å²) in [6.45, 7) is 5.43. The summed E-state index contributed by atoms with van der Waals surface area (Å²) < 4.78 is 0. The highest BCUT2D eigenvalue weighted by Crippen LogP contribution is 2.16. The smallest absolute Gasteiger partial charge is 0.0705 e. The maximum atomic E-state index is 4.39. The first-order chi connectivity index (χ1) is 8.81. The second-order valence-electron chi connectivity index (χ2n) is 4.91. The van der Waals surface area contributed by atoms with Crippen molar-refractivity contribution >= 4 is 10.9 Å². The van der Waals surface area contributed by atoms with E-state index in [1.54, 1.807) is 0 Å². The summed E-state index contributed by atoms with van der Waals surface area (Å²) in [4.78, 5) is 4.39. The van der Waals surface area contributed by atoms with Crippen LogP contribution in [0.15, 0.2) is 36.5 Å². The zero-order valence-corrected chi connectivity index (χ0v) is 11.3. The third kappa shape index (κ3) is 3.30. The Morgan fingerprint density at radius 3 is 2.89 bits per heavy atom. The summed E-state index contributed by atoms with van der Waals surface area (Å²) in [7, 11) is 0. The number of benzene rings is 1. The Labute approximate surface area is 109 Å². The van der Waals surface area contributed by atoms with Crippen LogP contribution in [0.1, 0.15) is 38.7 Å². The third-order valence-electron chi connectivity index (χ3n) is 3.37. The average molecular weight is 242 g/mol. The summed E-state index contributed by atoms with van der Waals surface area (Å²) in [5.41, 5.74) is 2.42. The van der Waals surface area contributed by atoms with Crippen molar-refractivity contribution in [3.8, 4) is 0 Å². The topological polar surface area (TPSA) is 24.9 Å². The lowest BCUT2D eigenvalue weighted by Crippen LogP contribution is -2.25. The van der Waals surface area contributed by atoms with Gasteiger partial charge in [0, 0.05) is 24.2 Å². The number of rotatable bonds is 6. The molecule has 0 fully saturated rings. The number of fused-ring (bicyclic) bond motifs is 1. The number of nitrogens with one attached hydrogen (secondary N) is 1. The molecule has 1 heterocycles. The van der Waals surface area contributed by atoms with Gasteiger partial charge in [0.2, 0.25) is 0 Å². The van der Waals surface area contributed by atoms with Gasteiger partial charge in [-0.2, -0.15) is 0 Å². The van der Waals surface area contributed by atoms with Crippen molar-refractivity contribution in [3.05, 3.63) is 42.1 Å². The third-order valence-corrected chi connectivity index (χ3v) is 3.37. The maximum Gasteiger partial charge on any atom is 0.0705 e. The van der Waals surface area contributed by atoms with Gasteiger partial charge in [0.1, 0.15) is 0 Å². The van der Waals surface area contributed by atoms with Gasteiger partial charge in [0.05, 0.1) is 5.52 Å². The van der Waals surface area contributed by atoms with Gasteiger partial charge in [0.15, 0.2) is 0 Å². The van der Waals surface area contributed by atoms with E-state index in [9.17, 15) is 0 Å². The van der Waals surface area contributed by atoms with Gasteiger partial charge in [0.25, 0.3) is 0 Å². The van der Waals surface area contributed by atoms with Crippen molar-refractivity contribution in [1.82, 2.24) is 10.3 Å². The lowest BCUT2D eigenvalue weighted by atomic mass is 10.1. The fourth-order valence-electron chi connectivity index (χ4n) is 2.21. The van der Waals surface area contributed by atoms with E-state index in [-0.39, 0.29) is 0 Å². The molecule has 2 heteroatoms. The minimum Gasteiger partial charge on any atom is -0.310 e. The molecule has 0 aliphatic carbocycles. The van der Waals surface area contributed by atoms with Crippen LogP contribution in [0.3, 0.4) is 0 Å². The lowest BCUT2D eigenvalue weighted by molar-refractivity contribution is 0.496. The zero-order valence-electron chi connectivity index (χ0n) is 11.3. The molecule has 0 spiro atoms. The Balaban J connectivity index is 2.03. The number of aromatic nitrogens is 1. The summed E-state index contributed by atoms with van der Waals surface area (Å²) in [5, 5.41) is 4.86. The van der Waals surface area contributed by atoms with Crippen LogP contribution in [0.4, 0.5) is 0 Å². The molecule has 0 saturated carbocycles. The van der Waals surface area contributed by atoms with Crippen molar-refractivity contribution in [2.75, 3.05) is 0 Å². The number of pyridine rings is 1. The van der Waals surface area contributed by atoms with Crippen LogP contribution in [0.5, 0.6) is 0 Å². The molecule has 0 bridgehead atoms. The molecule has 2 aromatic rings. The zero-order chi connectivity index (χ0) is 12.8. The fourth-order valence-corrected chi connectivity index (χ4v) is 2.21. The minimum absolute atomic E-state index is 0.580. The van der Waals surface area contributed by atoms with Crippen molar-refractivity contribution in [2.45, 2.75) is 45.7 Å². The normalized spacial score (nSPS) is 12.8. The number of nitrogens with zero attached hydrogens (tertiary/aromatic N) is 1. The van der Waals surface area contributed by atoms with Gasteiger partial charge in [-0.25, -0.2) is 0 Å². The standard InChI is InChI=1S/C16H22N2/c1-3-4-7-13(2)18-12-14-10-11-17-16-9-6-5-8-15(14)16/h5-6,8-11,13,18H,3-4,7,12H2,1-2H3. The molecule has 1 unspecified atom stereocenters. The highest BCUT2D eigenvalue weighted by atomic mass is 14.9. The van der Waals surface area contributed by atoms with Crippen LogP contribution >= 0.6 is 0 Å². The lowest BCUT2D eigenvalue weighted by Gasteiger charge is -2.14. The minimum atomic E-state index is 0.580. The first kappa shape index (κ1) is 13.0. The van der Waals surface area contributed by atoms with Crippen LogP contribution in [-0.4, -0.2) is 11.0 Å². The molecule has 1 atom stereocenters. The summed E-state index contributed by atoms with van der Waals surface area (Å²) in [6, 6.07) is 11.0. The molecule has 2 nitrogen and oxygen atoms in total. The maximum absolute atomic E-state index is 4.39. The van der Waals surface area contributed by atoms with E-state index < -0.39 is 0 Å². The van der Waals surface area contributed by atoms with E-state index in [1.807, 2.05) is 12.3 Å². The number of unbranched alkanes of at least 4 members (excludes halogenated alkanes) is 1. The molecule has 0 amide bonds. The largest absolute Gasteiger partial charge is 0.310 e. The molecule has 18 heavy (non-hydrogen) atoms. The Kier molecular flexibility index (Phi) is 4.71. The molecule has 96 valence electrons. The fraction of sp³-hybridized carbons (Fsp3) is 0.438. The van der Waals surface area contributed by atoms with Gasteiger partial charge in [-0.15, -0.1) is 0 Å². The van der Waals surface area contributed by atoms with Gasteiger partial charge >= 0.3 is 0 Å². The molecule has 0 aliphatic rings. The van der Waals surface area contributed by atoms with E-state index in [2.05, 4.69) is 48.4 Å². The van der Waals surface area contributed by atoms with Crippen LogP contribution < -0.4 is 5.32 Å². The summed E-state index contributed by atoms with van der Waals surface area (Å²) in [5.74, 6) is 0. The summed E-state index contributed by atoms with van der Waals surface area (Å²) in [6.07, 6.45) is 5.71. The van der Waals surface area contributed by atoms with E-state index in [1.165, 1.54) is 30.2 Å². The molecule has 0 aliphatic heterocycles. The Morgan fingerprint density at radius 2 is 2.06 bits per heavy atom. The highest BCUT2D eigenvalue weighted by Gasteiger charge is 2.04. The van der Waals surface area contributed by atoms with Crippen LogP contribution in [0, 0.1) is 0 Å². The molecule has 0 saturated heterocycles. The van der Waals surface area contributed by atoms with Gasteiger partial charge in [-0.05, 0) is 31.0 Å². The quantitative estimate of drug-likeness (QED) is 0.831. The Morgan fingerprint density at radius 1 is 1.22 bits per heavy atom. The van der Waals surface area contributed by atoms with Crippen LogP contribution in [0.2, 0.25) is 0 Å². The Bertz CT molecular complexity index is 488. The predicted molar refractivity (Wildman–Crippen MR) is 77.6 cm³/mol. The van der Waals surface area contributed by atoms with Gasteiger partial charge < -0.3 is 5.32 Å². The highest BCUT2D eigenvalue weighted by molar-refractivity contribution is 5.81. The van der Waals surface area contributed by atoms with Crippen molar-refractivity contribution in [3.63, 3.8) is 0 Å². The second-order valence-corrected chi connectivity index (χ2v) is 4.91. The van der Waals surface area contributed by atoms with Gasteiger partial charge in [-0.3, -0.25) is 4.98 Å². The van der Waals surface area contributed by atoms with Crippen LogP contribution in [0.25, 0.3) is 10.9 Å². The van der Waals surface area contributed by atoms with E-state index in [0.717, 1.165) is 12.1 Å². The number of hydrogen-bond acceptors (Lipinski definition) is 2. The van der Waals surface area contributed by atoms with Crippen molar-refractivity contribution < 1.29 is 0 Å². The molecule has 2 rings (SSSR count). The van der Waals surface area contributed by atoms with E-state index in [0.29, 0.717) is 6.04 Å². The first-order valence-electron chi connectivity index (χ1n) is 6.87. The van der Waals surface area contributed by atoms with Crippen LogP contribution in [-0.2, 0) is 6.54 Å². The van der Waals surface area contributed by atoms with Gasteiger partial charge in [-0.1, -0.05) is 38.0 Å². The van der Waals surface area contributed by atoms with Crippen molar-refractivity contribution in [1.29, 1.82) is 0 Å². The van der Waals surface area contributed by atoms with Crippen molar-refractivity contribution in [2.24, 2.45) is 0 Å². The molecular formula is C16H22N2. The van der Waals surface area contributed by atoms with E-state index >= 15 is 0 Å². The van der Waals surface area contributed by atoms with E-state index in [4.69, 9.17) is 0 Å². The average Bonchev–Trinajstić information content (AvgIpc) is 2.42. The summed E-state index contributed by atoms with van der Waals surface area (Å²) >= 11 is 0. The number of para-hydroxylation sites is 1. The molecule has 0 radical (unpaired) electrons. The Hall–Kier alpha value is -1.41. The second kappa shape index (κ2) is 6.50. The SMILES string of the molecule is CCCCC(C)NCc1ccnc2ccccc12. The first-order valence-corrected chi connectivity index (χ1v) is 6.87. The molecule has 1 N–H and O–H groups in total. The number of hydrogen-bond donors (Lipinski definition) is 1.